The highest BCUT2D eigenvalue weighted by atomic mass is 32.1. The highest BCUT2D eigenvalue weighted by Crippen LogP contribution is 2.35. The van der Waals surface area contributed by atoms with Crippen LogP contribution in [0.1, 0.15) is 31.0 Å². The van der Waals surface area contributed by atoms with Gasteiger partial charge in [-0.25, -0.2) is 9.79 Å². The van der Waals surface area contributed by atoms with Gasteiger partial charge in [-0.3, -0.25) is 19.5 Å². The zero-order valence-electron chi connectivity index (χ0n) is 19.8. The average molecular weight is 510 g/mol. The lowest BCUT2D eigenvalue weighted by atomic mass is 9.97. The van der Waals surface area contributed by atoms with Crippen molar-refractivity contribution >= 4 is 29.1 Å². The molecule has 1 aromatic heterocycles. The minimum atomic E-state index is -0.823. The summed E-state index contributed by atoms with van der Waals surface area (Å²) in [6.07, 6.45) is 2.97. The third-order valence-corrected chi connectivity index (χ3v) is 6.38. The Kier molecular flexibility index (Phi) is 7.30. The van der Waals surface area contributed by atoms with E-state index in [1.165, 1.54) is 30.0 Å². The first-order chi connectivity index (χ1) is 17.4. The molecule has 0 spiro atoms. The van der Waals surface area contributed by atoms with Crippen molar-refractivity contribution in [3.63, 3.8) is 0 Å². The predicted molar refractivity (Wildman–Crippen MR) is 133 cm³/mol. The summed E-state index contributed by atoms with van der Waals surface area (Å²) in [4.78, 5) is 41.6. The number of esters is 1. The molecule has 0 saturated heterocycles. The summed E-state index contributed by atoms with van der Waals surface area (Å²) in [6, 6.07) is 10.4. The highest BCUT2D eigenvalue weighted by molar-refractivity contribution is 7.07. The Labute approximate surface area is 209 Å². The standard InChI is InChI=1S/C25H23N3O7S/c1-4-34-19-10-9-16(13-20(19)35-5-2)22-18(24(30)33-3)14-26-25-27(22)23(29)21(36-25)12-15-7-6-8-17(11-15)28(31)32/h6-14,22H,4-5H2,1-3H3/b21-12-/t22-/m1/s1. The molecule has 4 rings (SSSR count). The molecule has 2 heterocycles. The lowest BCUT2D eigenvalue weighted by Crippen LogP contribution is -2.39. The van der Waals surface area contributed by atoms with Crippen molar-refractivity contribution < 1.29 is 23.9 Å². The number of thiazole rings is 1. The van der Waals surface area contributed by atoms with E-state index in [4.69, 9.17) is 14.2 Å². The van der Waals surface area contributed by atoms with E-state index >= 15 is 0 Å². The molecule has 186 valence electrons. The van der Waals surface area contributed by atoms with Gasteiger partial charge >= 0.3 is 5.97 Å². The number of aromatic nitrogens is 1. The molecule has 1 aliphatic heterocycles. The van der Waals surface area contributed by atoms with Crippen molar-refractivity contribution in [2.45, 2.75) is 19.9 Å². The van der Waals surface area contributed by atoms with Crippen LogP contribution in [0.15, 0.2) is 64.0 Å². The molecule has 0 aliphatic carbocycles. The Morgan fingerprint density at radius 2 is 1.92 bits per heavy atom. The van der Waals surface area contributed by atoms with Crippen LogP contribution in [0.2, 0.25) is 0 Å². The number of nitrogens with zero attached hydrogens (tertiary/aromatic N) is 3. The molecule has 0 amide bonds. The highest BCUT2D eigenvalue weighted by Gasteiger charge is 2.31. The average Bonchev–Trinajstić information content (AvgIpc) is 3.19. The van der Waals surface area contributed by atoms with E-state index < -0.39 is 22.5 Å². The van der Waals surface area contributed by atoms with Gasteiger partial charge in [0.25, 0.3) is 11.2 Å². The van der Waals surface area contributed by atoms with Crippen LogP contribution < -0.4 is 24.4 Å². The van der Waals surface area contributed by atoms with E-state index in [2.05, 4.69) is 4.99 Å². The molecule has 1 aliphatic rings. The summed E-state index contributed by atoms with van der Waals surface area (Å²) < 4.78 is 18.1. The zero-order chi connectivity index (χ0) is 25.8. The SMILES string of the molecule is CCOc1ccc([C@@H]2C(C(=O)OC)=CN=c3s/c(=C\c4cccc([N+](=O)[O-])c4)c(=O)n32)cc1OCC. The van der Waals surface area contributed by atoms with Gasteiger partial charge < -0.3 is 14.2 Å². The first kappa shape index (κ1) is 24.9. The third kappa shape index (κ3) is 4.78. The number of nitro groups is 1. The maximum Gasteiger partial charge on any atom is 0.337 e. The van der Waals surface area contributed by atoms with Crippen LogP contribution >= 0.6 is 11.3 Å². The lowest BCUT2D eigenvalue weighted by Gasteiger charge is -2.23. The van der Waals surface area contributed by atoms with Gasteiger partial charge in [-0.1, -0.05) is 29.5 Å². The molecule has 36 heavy (non-hydrogen) atoms. The fourth-order valence-corrected chi connectivity index (χ4v) is 4.84. The minimum absolute atomic E-state index is 0.0831. The van der Waals surface area contributed by atoms with Gasteiger partial charge in [0.05, 0.1) is 41.4 Å². The Morgan fingerprint density at radius 1 is 1.17 bits per heavy atom. The number of carbonyl (C=O) groups is 1. The largest absolute Gasteiger partial charge is 0.490 e. The summed E-state index contributed by atoms with van der Waals surface area (Å²) in [6.45, 7) is 4.55. The summed E-state index contributed by atoms with van der Waals surface area (Å²) >= 11 is 1.12. The van der Waals surface area contributed by atoms with Gasteiger partial charge in [-0.15, -0.1) is 0 Å². The summed E-state index contributed by atoms with van der Waals surface area (Å²) in [7, 11) is 1.26. The molecule has 0 N–H and O–H groups in total. The van der Waals surface area contributed by atoms with Crippen molar-refractivity contribution in [1.29, 1.82) is 0 Å². The van der Waals surface area contributed by atoms with Crippen LogP contribution in [0.4, 0.5) is 5.69 Å². The topological polar surface area (TPSA) is 122 Å². The Balaban J connectivity index is 1.90. The van der Waals surface area contributed by atoms with E-state index in [1.807, 2.05) is 13.8 Å². The smallest absolute Gasteiger partial charge is 0.337 e. The van der Waals surface area contributed by atoms with E-state index in [-0.39, 0.29) is 11.3 Å². The molecular weight excluding hydrogens is 486 g/mol. The number of ether oxygens (including phenoxy) is 3. The monoisotopic (exact) mass is 509 g/mol. The first-order valence-corrected chi connectivity index (χ1v) is 11.9. The second kappa shape index (κ2) is 10.6. The summed E-state index contributed by atoms with van der Waals surface area (Å²) in [5.74, 6) is 0.408. The fourth-order valence-electron chi connectivity index (χ4n) is 3.87. The van der Waals surface area contributed by atoms with Crippen LogP contribution in [-0.4, -0.2) is 35.8 Å². The number of carbonyl (C=O) groups excluding carboxylic acids is 1. The van der Waals surface area contributed by atoms with E-state index in [0.29, 0.717) is 45.2 Å². The second-order valence-corrected chi connectivity index (χ2v) is 8.61. The number of hydrogen-bond acceptors (Lipinski definition) is 9. The zero-order valence-corrected chi connectivity index (χ0v) is 20.6. The Bertz CT molecular complexity index is 1540. The normalized spacial score (nSPS) is 14.9. The van der Waals surface area contributed by atoms with Gasteiger partial charge in [0.15, 0.2) is 16.3 Å². The molecule has 0 radical (unpaired) electrons. The third-order valence-electron chi connectivity index (χ3n) is 5.39. The molecule has 11 heteroatoms. The predicted octanol–water partition coefficient (Wildman–Crippen LogP) is 2.72. The maximum atomic E-state index is 13.6. The van der Waals surface area contributed by atoms with E-state index in [1.54, 1.807) is 36.4 Å². The molecule has 2 aromatic carbocycles. The molecule has 0 saturated carbocycles. The van der Waals surface area contributed by atoms with E-state index in [0.717, 1.165) is 11.3 Å². The Hall–Kier alpha value is -4.25. The lowest BCUT2D eigenvalue weighted by molar-refractivity contribution is -0.384. The number of fused-ring (bicyclic) bond motifs is 1. The second-order valence-electron chi connectivity index (χ2n) is 7.60. The van der Waals surface area contributed by atoms with Gasteiger partial charge in [0.2, 0.25) is 0 Å². The van der Waals surface area contributed by atoms with Crippen LogP contribution in [0.5, 0.6) is 11.5 Å². The number of benzene rings is 2. The first-order valence-electron chi connectivity index (χ1n) is 11.1. The summed E-state index contributed by atoms with van der Waals surface area (Å²) in [5, 5.41) is 11.1. The van der Waals surface area contributed by atoms with Crippen LogP contribution in [0, 0.1) is 10.1 Å². The van der Waals surface area contributed by atoms with Gasteiger partial charge in [-0.2, -0.15) is 0 Å². The summed E-state index contributed by atoms with van der Waals surface area (Å²) in [5.41, 5.74) is 0.810. The van der Waals surface area contributed by atoms with E-state index in [9.17, 15) is 19.7 Å². The fraction of sp³-hybridized carbons (Fsp3) is 0.240. The number of methoxy groups -OCH3 is 1. The van der Waals surface area contributed by atoms with Crippen LogP contribution in [0.3, 0.4) is 0 Å². The molecule has 1 atom stereocenters. The van der Waals surface area contributed by atoms with Crippen molar-refractivity contribution in [3.8, 4) is 11.5 Å². The van der Waals surface area contributed by atoms with Gasteiger partial charge in [-0.05, 0) is 43.2 Å². The number of nitro benzene ring substituents is 1. The minimum Gasteiger partial charge on any atom is -0.490 e. The van der Waals surface area contributed by atoms with Gasteiger partial charge in [0, 0.05) is 18.3 Å². The van der Waals surface area contributed by atoms with Crippen molar-refractivity contribution in [2.24, 2.45) is 4.99 Å². The Morgan fingerprint density at radius 3 is 2.61 bits per heavy atom. The maximum absolute atomic E-state index is 13.6. The van der Waals surface area contributed by atoms with Gasteiger partial charge in [0.1, 0.15) is 0 Å². The molecular formula is C25H23N3O7S. The number of hydrogen-bond donors (Lipinski definition) is 0. The van der Waals surface area contributed by atoms with Crippen molar-refractivity contribution in [1.82, 2.24) is 4.57 Å². The molecule has 3 aromatic rings. The number of rotatable bonds is 8. The van der Waals surface area contributed by atoms with Crippen molar-refractivity contribution in [3.05, 3.63) is 95.2 Å². The molecule has 0 unspecified atom stereocenters. The molecule has 10 nitrogen and oxygen atoms in total. The number of non-ortho nitro benzene ring substituents is 1. The van der Waals surface area contributed by atoms with Crippen molar-refractivity contribution in [2.75, 3.05) is 20.3 Å². The van der Waals surface area contributed by atoms with Crippen LogP contribution in [0.25, 0.3) is 6.08 Å². The molecule has 0 bridgehead atoms. The quantitative estimate of drug-likeness (QED) is 0.260. The van der Waals surface area contributed by atoms with Crippen LogP contribution in [-0.2, 0) is 9.53 Å². The molecule has 0 fully saturated rings.